The summed E-state index contributed by atoms with van der Waals surface area (Å²) in [4.78, 5) is 15.3. The van der Waals surface area contributed by atoms with Crippen LogP contribution < -0.4 is 5.73 Å². The fourth-order valence-electron chi connectivity index (χ4n) is 1.69. The average Bonchev–Trinajstić information content (AvgIpc) is 2.38. The van der Waals surface area contributed by atoms with Gasteiger partial charge in [0.25, 0.3) is 0 Å². The minimum atomic E-state index is -1.12. The molecule has 0 radical (unpaired) electrons. The number of benzene rings is 1. The Morgan fingerprint density at radius 1 is 1.28 bits per heavy atom. The molecule has 0 aliphatic carbocycles. The van der Waals surface area contributed by atoms with Crippen molar-refractivity contribution in [3.63, 3.8) is 0 Å². The summed E-state index contributed by atoms with van der Waals surface area (Å²) in [5.41, 5.74) is 6.71. The lowest BCUT2D eigenvalue weighted by molar-refractivity contribution is -0.109. The summed E-state index contributed by atoms with van der Waals surface area (Å²) < 4.78 is 12.1. The number of nitrogens with two attached hydrogens (primary N) is 1. The maximum atomic E-state index is 13.3. The number of nitrogen functional groups attached to an aromatic ring is 1. The largest absolute Gasteiger partial charge is 0.384 e. The number of nitrogens with zero attached hydrogens (tertiary/aromatic N) is 1. The molecule has 0 bridgehead atoms. The highest BCUT2D eigenvalue weighted by molar-refractivity contribution is 9.10. The lowest BCUT2D eigenvalue weighted by Gasteiger charge is -2.22. The van der Waals surface area contributed by atoms with Crippen molar-refractivity contribution in [2.24, 2.45) is 0 Å². The zero-order chi connectivity index (χ0) is 13.2. The Morgan fingerprint density at radius 3 is 2.61 bits per heavy atom. The highest BCUT2D eigenvalue weighted by Gasteiger charge is 2.31. The Balaban J connectivity index is 2.58. The first-order valence-corrected chi connectivity index (χ1v) is 5.99. The number of halogens is 2. The molecule has 18 heavy (non-hydrogen) atoms. The summed E-state index contributed by atoms with van der Waals surface area (Å²) in [6, 6.07) is 9.08. The van der Waals surface area contributed by atoms with Gasteiger partial charge >= 0.3 is 0 Å². The monoisotopic (exact) mass is 308 g/mol. The van der Waals surface area contributed by atoms with E-state index in [4.69, 9.17) is 5.73 Å². The summed E-state index contributed by atoms with van der Waals surface area (Å²) in [6.45, 7) is 0. The third kappa shape index (κ3) is 2.26. The lowest BCUT2D eigenvalue weighted by Crippen LogP contribution is -2.22. The fourth-order valence-corrected chi connectivity index (χ4v) is 2.19. The van der Waals surface area contributed by atoms with Crippen molar-refractivity contribution in [2.75, 3.05) is 5.73 Å². The van der Waals surface area contributed by atoms with Crippen molar-refractivity contribution in [3.05, 3.63) is 59.5 Å². The van der Waals surface area contributed by atoms with Crippen LogP contribution in [0.25, 0.3) is 0 Å². The van der Waals surface area contributed by atoms with Crippen LogP contribution in [0.4, 0.5) is 10.2 Å². The Kier molecular flexibility index (Phi) is 3.43. The topological polar surface area (TPSA) is 56.0 Å². The molecule has 0 fully saturated rings. The van der Waals surface area contributed by atoms with Crippen LogP contribution in [0.2, 0.25) is 0 Å². The number of hydrogen-bond acceptors (Lipinski definition) is 3. The van der Waals surface area contributed by atoms with E-state index in [1.54, 1.807) is 24.3 Å². The van der Waals surface area contributed by atoms with Crippen LogP contribution in [0, 0.1) is 5.82 Å². The SMILES string of the molecule is Nc1cc(C(Br)(C=O)c2cccc(F)c2)ccn1. The molecule has 0 amide bonds. The highest BCUT2D eigenvalue weighted by Crippen LogP contribution is 2.37. The second kappa shape index (κ2) is 4.86. The molecule has 1 unspecified atom stereocenters. The predicted octanol–water partition coefficient (Wildman–Crippen LogP) is 2.64. The molecule has 0 saturated carbocycles. The van der Waals surface area contributed by atoms with E-state index in [2.05, 4.69) is 20.9 Å². The molecule has 0 aliphatic rings. The summed E-state index contributed by atoms with van der Waals surface area (Å²) in [5.74, 6) is -0.102. The fraction of sp³-hybridized carbons (Fsp3) is 0.0769. The van der Waals surface area contributed by atoms with Gasteiger partial charge in [-0.25, -0.2) is 9.37 Å². The standard InChI is InChI=1S/C13H10BrFN2O/c14-13(8-18,9-2-1-3-11(15)6-9)10-4-5-17-12(16)7-10/h1-8H,(H2,16,17). The number of hydrogen-bond donors (Lipinski definition) is 1. The Hall–Kier alpha value is -1.75. The lowest BCUT2D eigenvalue weighted by atomic mass is 9.93. The van der Waals surface area contributed by atoms with Crippen LogP contribution >= 0.6 is 15.9 Å². The van der Waals surface area contributed by atoms with E-state index in [1.807, 2.05) is 0 Å². The number of carbonyl (C=O) groups excluding carboxylic acids is 1. The van der Waals surface area contributed by atoms with Crippen molar-refractivity contribution in [1.29, 1.82) is 0 Å². The number of aromatic nitrogens is 1. The summed E-state index contributed by atoms with van der Waals surface area (Å²) in [5, 5.41) is 0. The molecule has 1 atom stereocenters. The highest BCUT2D eigenvalue weighted by atomic mass is 79.9. The van der Waals surface area contributed by atoms with Gasteiger partial charge in [0.1, 0.15) is 22.2 Å². The molecule has 0 saturated heterocycles. The van der Waals surface area contributed by atoms with Crippen molar-refractivity contribution in [1.82, 2.24) is 4.98 Å². The quantitative estimate of drug-likeness (QED) is 0.700. The van der Waals surface area contributed by atoms with E-state index in [1.165, 1.54) is 18.3 Å². The van der Waals surface area contributed by atoms with Gasteiger partial charge in [-0.1, -0.05) is 28.1 Å². The summed E-state index contributed by atoms with van der Waals surface area (Å²) >= 11 is 3.35. The van der Waals surface area contributed by atoms with Gasteiger partial charge in [0, 0.05) is 6.20 Å². The van der Waals surface area contributed by atoms with E-state index in [-0.39, 0.29) is 0 Å². The average molecular weight is 309 g/mol. The second-order valence-corrected chi connectivity index (χ2v) is 5.06. The van der Waals surface area contributed by atoms with E-state index in [9.17, 15) is 9.18 Å². The molecule has 92 valence electrons. The van der Waals surface area contributed by atoms with E-state index >= 15 is 0 Å². The number of pyridine rings is 1. The number of aldehydes is 1. The molecule has 5 heteroatoms. The Bertz CT molecular complexity index is 543. The molecule has 0 aliphatic heterocycles. The molecule has 1 aromatic carbocycles. The molecule has 1 aromatic heterocycles. The third-order valence-corrected chi connectivity index (χ3v) is 3.71. The number of rotatable bonds is 3. The Labute approximate surface area is 112 Å². The second-order valence-electron chi connectivity index (χ2n) is 3.81. The third-order valence-electron chi connectivity index (χ3n) is 2.61. The van der Waals surface area contributed by atoms with Gasteiger partial charge in [0.15, 0.2) is 0 Å². The molecule has 2 N–H and O–H groups in total. The minimum absolute atomic E-state index is 0.301. The van der Waals surface area contributed by atoms with Gasteiger partial charge in [-0.05, 0) is 35.4 Å². The van der Waals surface area contributed by atoms with Crippen molar-refractivity contribution >= 4 is 28.0 Å². The normalized spacial score (nSPS) is 13.9. The van der Waals surface area contributed by atoms with E-state index < -0.39 is 10.1 Å². The van der Waals surface area contributed by atoms with Crippen molar-refractivity contribution in [2.45, 2.75) is 4.32 Å². The zero-order valence-electron chi connectivity index (χ0n) is 9.31. The minimum Gasteiger partial charge on any atom is -0.384 e. The molecular formula is C13H10BrFN2O. The number of anilines is 1. The first-order chi connectivity index (χ1) is 8.56. The van der Waals surface area contributed by atoms with Gasteiger partial charge in [0.05, 0.1) is 0 Å². The zero-order valence-corrected chi connectivity index (χ0v) is 10.9. The first-order valence-electron chi connectivity index (χ1n) is 5.19. The van der Waals surface area contributed by atoms with Crippen molar-refractivity contribution < 1.29 is 9.18 Å². The van der Waals surface area contributed by atoms with Crippen LogP contribution in [0.3, 0.4) is 0 Å². The van der Waals surface area contributed by atoms with Crippen LogP contribution in [-0.2, 0) is 9.12 Å². The summed E-state index contributed by atoms with van der Waals surface area (Å²) in [6.07, 6.45) is 2.21. The van der Waals surface area contributed by atoms with Gasteiger partial charge in [-0.3, -0.25) is 0 Å². The van der Waals surface area contributed by atoms with Crippen LogP contribution in [-0.4, -0.2) is 11.3 Å². The summed E-state index contributed by atoms with van der Waals surface area (Å²) in [7, 11) is 0. The number of alkyl halides is 1. The number of carbonyl (C=O) groups is 1. The van der Waals surface area contributed by atoms with Gasteiger partial charge in [-0.15, -0.1) is 0 Å². The van der Waals surface area contributed by atoms with E-state index in [0.717, 1.165) is 0 Å². The molecule has 3 nitrogen and oxygen atoms in total. The maximum absolute atomic E-state index is 13.3. The molecular weight excluding hydrogens is 299 g/mol. The van der Waals surface area contributed by atoms with Crippen LogP contribution in [0.1, 0.15) is 11.1 Å². The maximum Gasteiger partial charge on any atom is 0.145 e. The first kappa shape index (κ1) is 12.7. The van der Waals surface area contributed by atoms with Crippen LogP contribution in [0.15, 0.2) is 42.6 Å². The molecule has 2 rings (SSSR count). The predicted molar refractivity (Wildman–Crippen MR) is 70.8 cm³/mol. The van der Waals surface area contributed by atoms with Crippen LogP contribution in [0.5, 0.6) is 0 Å². The van der Waals surface area contributed by atoms with Gasteiger partial charge < -0.3 is 10.5 Å². The van der Waals surface area contributed by atoms with Crippen molar-refractivity contribution in [3.8, 4) is 0 Å². The Morgan fingerprint density at radius 2 is 2.00 bits per heavy atom. The molecule has 0 spiro atoms. The van der Waals surface area contributed by atoms with Gasteiger partial charge in [0.2, 0.25) is 0 Å². The molecule has 1 heterocycles. The smallest absolute Gasteiger partial charge is 0.145 e. The molecule has 2 aromatic rings. The van der Waals surface area contributed by atoms with E-state index in [0.29, 0.717) is 23.2 Å². The van der Waals surface area contributed by atoms with Gasteiger partial charge in [-0.2, -0.15) is 0 Å².